The molecule has 0 atom stereocenters. The Labute approximate surface area is 659 Å². The Kier molecular flexibility index (Phi) is 28.1. The van der Waals surface area contributed by atoms with Crippen LogP contribution in [-0.4, -0.2) is 0 Å². The van der Waals surface area contributed by atoms with Gasteiger partial charge in [-0.2, -0.15) is 4.57 Å². The van der Waals surface area contributed by atoms with Crippen molar-refractivity contribution >= 4 is 0 Å². The number of rotatable bonds is 7. The third-order valence-corrected chi connectivity index (χ3v) is 21.0. The number of aryl methyl sites for hydroxylation is 21. The van der Waals surface area contributed by atoms with Crippen molar-refractivity contribution in [1.29, 1.82) is 0 Å². The summed E-state index contributed by atoms with van der Waals surface area (Å²) in [5.74, 6) is 0. The fourth-order valence-corrected chi connectivity index (χ4v) is 13.9. The van der Waals surface area contributed by atoms with Crippen LogP contribution in [-0.2, 0) is 49.3 Å². The average Bonchev–Trinajstić information content (AvgIpc) is 0.643. The summed E-state index contributed by atoms with van der Waals surface area (Å²) in [6, 6.07) is 82.1. The van der Waals surface area contributed by atoms with Gasteiger partial charge in [0, 0.05) is 132 Å². The van der Waals surface area contributed by atoms with Crippen LogP contribution in [0.3, 0.4) is 0 Å². The SMILES string of the molecule is Cc1cc(-c2ccccc2C)[n+](C)cc1C.Cc1cc[n+](C)c(-c2ccccc2C)c1.Cc1ccccc1-c1c(C)c(C)c(C)c[n+]1C.Cc1ccccc1-c1c(C)c(C)cc[n+]1C.Cc1ccccc1-c1c(C)ccc[n+]1C.Cc1ccccc1-c1cccc(C)[n+]1C.[2H]C([2H])([2H])c1ccc(-c2ccccc2C)[n+](C)c1. The van der Waals surface area contributed by atoms with Crippen LogP contribution in [0.2, 0.25) is 0 Å². The van der Waals surface area contributed by atoms with E-state index in [0.717, 1.165) is 11.3 Å². The van der Waals surface area contributed by atoms with E-state index in [4.69, 9.17) is 4.11 Å². The van der Waals surface area contributed by atoms with Gasteiger partial charge in [0.15, 0.2) is 42.9 Å². The van der Waals surface area contributed by atoms with Crippen molar-refractivity contribution in [3.8, 4) is 78.8 Å². The molecule has 7 heteroatoms. The number of benzene rings is 7. The average molecular weight is 1450 g/mol. The molecule has 556 valence electrons. The Balaban J connectivity index is 0.000000164. The Morgan fingerprint density at radius 3 is 1.06 bits per heavy atom. The first-order valence-electron chi connectivity index (χ1n) is 39.4. The number of hydrogen-bond donors (Lipinski definition) is 0. The van der Waals surface area contributed by atoms with Gasteiger partial charge in [0.1, 0.15) is 49.3 Å². The lowest BCUT2D eigenvalue weighted by Crippen LogP contribution is -2.34. The third-order valence-electron chi connectivity index (χ3n) is 21.0. The highest BCUT2D eigenvalue weighted by Gasteiger charge is 2.22. The first-order valence-corrected chi connectivity index (χ1v) is 37.9. The predicted octanol–water partition coefficient (Wildman–Crippen LogP) is 20.8. The zero-order chi connectivity index (χ0) is 81.8. The van der Waals surface area contributed by atoms with Crippen LogP contribution in [0.4, 0.5) is 0 Å². The van der Waals surface area contributed by atoms with E-state index < -0.39 is 6.85 Å². The minimum absolute atomic E-state index is 0.363. The Morgan fingerprint density at radius 2 is 0.596 bits per heavy atom. The van der Waals surface area contributed by atoms with E-state index in [1.54, 1.807) is 12.3 Å². The van der Waals surface area contributed by atoms with Gasteiger partial charge < -0.3 is 0 Å². The largest absolute Gasteiger partial charge is 0.215 e. The van der Waals surface area contributed by atoms with Crippen molar-refractivity contribution < 1.29 is 36.1 Å². The molecule has 0 saturated heterocycles. The maximum absolute atomic E-state index is 7.41. The van der Waals surface area contributed by atoms with Gasteiger partial charge in [0.2, 0.25) is 39.9 Å². The highest BCUT2D eigenvalue weighted by atomic mass is 15.0. The van der Waals surface area contributed by atoms with E-state index in [1.807, 2.05) is 48.9 Å². The van der Waals surface area contributed by atoms with Crippen LogP contribution >= 0.6 is 0 Å². The number of aromatic nitrogens is 7. The van der Waals surface area contributed by atoms with Gasteiger partial charge in [-0.3, -0.25) is 0 Å². The van der Waals surface area contributed by atoms with Gasteiger partial charge in [0.05, 0.1) is 0 Å². The standard InChI is InChI=1S/C16H20N.2C15H18N.4C14H16N/c1-11-8-6-7-9-15(11)16-14(4)13(3)12(2)10-17(16)5;1-11-7-5-6-8-14(11)15-9-12(2)13(3)10-16(15)4;1-11-9-10-16(4)15(13(11)3)14-8-6-5-7-12(14)2;1-11-7-4-5-9-13(11)14-12(2)8-6-10-15(14)3;1-11-7-4-5-9-13(11)14-10-6-8-12(2)15(14)3;1-11-8-9-15(3)14(10-11)13-7-5-4-6-12(13)2;1-11-8-9-14(15(3)10-11)13-7-5-4-6-12(13)2/h6-10H,1-5H3;2*5-10H,1-4H3;4*4-10H,1-3H3/q7*+1/i;;;;;;1D3. The van der Waals surface area contributed by atoms with Crippen LogP contribution in [0.15, 0.2) is 274 Å². The maximum Gasteiger partial charge on any atom is 0.215 e. The van der Waals surface area contributed by atoms with Crippen molar-refractivity contribution in [3.05, 3.63) is 374 Å². The summed E-state index contributed by atoms with van der Waals surface area (Å²) in [5, 5.41) is 0. The topological polar surface area (TPSA) is 27.2 Å². The van der Waals surface area contributed by atoms with Crippen molar-refractivity contribution in [1.82, 2.24) is 0 Å². The summed E-state index contributed by atoms with van der Waals surface area (Å²) in [6.07, 6.45) is 12.4. The summed E-state index contributed by atoms with van der Waals surface area (Å²) < 4.78 is 37.3. The molecule has 7 heterocycles. The molecule has 7 aromatic heterocycles. The molecule has 0 amide bonds. The first-order chi connectivity index (χ1) is 53.2. The predicted molar refractivity (Wildman–Crippen MR) is 457 cm³/mol. The molecule has 0 fully saturated rings. The van der Waals surface area contributed by atoms with E-state index in [-0.39, 0.29) is 0 Å². The molecule has 0 unspecified atom stereocenters. The monoisotopic (exact) mass is 1450 g/mol. The molecule has 14 rings (SSSR count). The van der Waals surface area contributed by atoms with E-state index in [9.17, 15) is 0 Å². The lowest BCUT2D eigenvalue weighted by atomic mass is 9.97. The van der Waals surface area contributed by atoms with Crippen LogP contribution in [0.5, 0.6) is 0 Å². The molecular formula is C102H120N7+7. The maximum atomic E-state index is 7.41. The summed E-state index contributed by atoms with van der Waals surface area (Å²) >= 11 is 0. The second kappa shape index (κ2) is 38.9. The van der Waals surface area contributed by atoms with E-state index >= 15 is 0 Å². The molecule has 0 saturated carbocycles. The second-order valence-corrected chi connectivity index (χ2v) is 29.3. The van der Waals surface area contributed by atoms with Gasteiger partial charge in [-0.05, 0) is 239 Å². The summed E-state index contributed by atoms with van der Waals surface area (Å²) in [5.41, 5.74) is 40.7. The van der Waals surface area contributed by atoms with Crippen LogP contribution in [0, 0.1) is 125 Å². The summed E-state index contributed by atoms with van der Waals surface area (Å²) in [6.45, 7) is 34.6. The summed E-state index contributed by atoms with van der Waals surface area (Å²) in [7, 11) is 14.5. The Hall–Kier alpha value is -11.4. The van der Waals surface area contributed by atoms with Crippen LogP contribution in [0.25, 0.3) is 78.8 Å². The van der Waals surface area contributed by atoms with Crippen LogP contribution in [0.1, 0.15) is 104 Å². The van der Waals surface area contributed by atoms with Crippen LogP contribution < -0.4 is 32.0 Å². The molecule has 14 aromatic rings. The number of hydrogen-bond acceptors (Lipinski definition) is 0. The first kappa shape index (κ1) is 78.7. The van der Waals surface area contributed by atoms with Gasteiger partial charge >= 0.3 is 0 Å². The molecule has 0 aliphatic rings. The van der Waals surface area contributed by atoms with E-state index in [0.29, 0.717) is 5.56 Å². The molecule has 0 N–H and O–H groups in total. The van der Waals surface area contributed by atoms with Crippen molar-refractivity contribution in [2.24, 2.45) is 49.3 Å². The quantitative estimate of drug-likeness (QED) is 0.142. The molecule has 0 spiro atoms. The van der Waals surface area contributed by atoms with Gasteiger partial charge in [-0.1, -0.05) is 127 Å². The van der Waals surface area contributed by atoms with Gasteiger partial charge in [-0.15, -0.1) is 0 Å². The highest BCUT2D eigenvalue weighted by molar-refractivity contribution is 5.68. The zero-order valence-electron chi connectivity index (χ0n) is 72.6. The number of nitrogens with zero attached hydrogens (tertiary/aromatic N) is 7. The molecule has 0 aliphatic heterocycles. The van der Waals surface area contributed by atoms with E-state index in [2.05, 4.69) is 412 Å². The fourth-order valence-electron chi connectivity index (χ4n) is 13.9. The van der Waals surface area contributed by atoms with Crippen molar-refractivity contribution in [3.63, 3.8) is 0 Å². The lowest BCUT2D eigenvalue weighted by Gasteiger charge is -2.10. The molecule has 7 nitrogen and oxygen atoms in total. The number of pyridine rings is 7. The van der Waals surface area contributed by atoms with Gasteiger partial charge in [-0.25, -0.2) is 27.4 Å². The zero-order valence-corrected chi connectivity index (χ0v) is 69.6. The van der Waals surface area contributed by atoms with E-state index in [1.165, 1.54) is 162 Å². The van der Waals surface area contributed by atoms with Gasteiger partial charge in [0.25, 0.3) is 0 Å². The fraction of sp³-hybridized carbons (Fsp3) is 0.245. The van der Waals surface area contributed by atoms with Crippen molar-refractivity contribution in [2.75, 3.05) is 0 Å². The Bertz CT molecular complexity index is 5530. The molecule has 7 aromatic carbocycles. The molecule has 109 heavy (non-hydrogen) atoms. The normalized spacial score (nSPS) is 11.0. The lowest BCUT2D eigenvalue weighted by molar-refractivity contribution is -0.666. The minimum Gasteiger partial charge on any atom is -0.201 e. The minimum atomic E-state index is -2.05. The molecular weight excluding hydrogens is 1320 g/mol. The smallest absolute Gasteiger partial charge is 0.201 e. The molecule has 0 bridgehead atoms. The third kappa shape index (κ3) is 21.5. The molecule has 0 aliphatic carbocycles. The Morgan fingerprint density at radius 1 is 0.211 bits per heavy atom. The second-order valence-electron chi connectivity index (χ2n) is 29.3. The highest BCUT2D eigenvalue weighted by Crippen LogP contribution is 2.29. The van der Waals surface area contributed by atoms with Crippen molar-refractivity contribution in [2.45, 2.75) is 125 Å². The summed E-state index contributed by atoms with van der Waals surface area (Å²) in [4.78, 5) is 0. The molecule has 0 radical (unpaired) electrons.